The maximum atomic E-state index is 13.3. The van der Waals surface area contributed by atoms with Crippen molar-refractivity contribution in [2.24, 2.45) is 11.3 Å². The van der Waals surface area contributed by atoms with Crippen LogP contribution in [0.15, 0.2) is 79.1 Å². The number of nitrogens with zero attached hydrogens (tertiary/aromatic N) is 3. The monoisotopic (exact) mass is 439 g/mol. The first-order valence-corrected chi connectivity index (χ1v) is 11.3. The van der Waals surface area contributed by atoms with Crippen molar-refractivity contribution in [3.8, 4) is 16.8 Å². The molecule has 2 atom stereocenters. The van der Waals surface area contributed by atoms with E-state index in [2.05, 4.69) is 41.5 Å². The maximum Gasteiger partial charge on any atom is 0.253 e. The molecule has 1 amide bonds. The second kappa shape index (κ2) is 7.83. The molecule has 0 unspecified atom stereocenters. The lowest BCUT2D eigenvalue weighted by atomic mass is 9.82. The van der Waals surface area contributed by atoms with Gasteiger partial charge in [-0.05, 0) is 52.2 Å². The molecule has 2 fully saturated rings. The lowest BCUT2D eigenvalue weighted by Crippen LogP contribution is -2.36. The molecule has 2 saturated heterocycles. The molecule has 33 heavy (non-hydrogen) atoms. The number of rotatable bonds is 4. The summed E-state index contributed by atoms with van der Waals surface area (Å²) < 4.78 is 7.42. The number of hydrogen-bond donors (Lipinski definition) is 1. The fourth-order valence-corrected chi connectivity index (χ4v) is 5.28. The van der Waals surface area contributed by atoms with Crippen molar-refractivity contribution in [3.63, 3.8) is 0 Å². The van der Waals surface area contributed by atoms with E-state index in [1.54, 1.807) is 6.20 Å². The summed E-state index contributed by atoms with van der Waals surface area (Å²) in [7, 11) is 0. The van der Waals surface area contributed by atoms with Crippen molar-refractivity contribution >= 4 is 16.7 Å². The normalized spacial score (nSPS) is 22.1. The zero-order valence-corrected chi connectivity index (χ0v) is 18.2. The minimum absolute atomic E-state index is 0.0214. The fourth-order valence-electron chi connectivity index (χ4n) is 5.28. The molecule has 0 bridgehead atoms. The number of carbonyl (C=O) groups is 1. The topological polar surface area (TPSA) is 67.6 Å². The Kier molecular flexibility index (Phi) is 4.78. The van der Waals surface area contributed by atoms with E-state index in [4.69, 9.17) is 4.74 Å². The zero-order chi connectivity index (χ0) is 22.4. The Morgan fingerprint density at radius 3 is 2.76 bits per heavy atom. The Bertz CT molecular complexity index is 1320. The second-order valence-corrected chi connectivity index (χ2v) is 9.16. The molecule has 2 aliphatic rings. The van der Waals surface area contributed by atoms with Gasteiger partial charge in [0.15, 0.2) is 0 Å². The molecular formula is C27H25N3O3. The molecule has 6 heteroatoms. The van der Waals surface area contributed by atoms with Crippen LogP contribution in [0.2, 0.25) is 0 Å². The SMILES string of the molecule is O=C(c1ccc2c(-c3ccc(-n4cccn4)cc3)cccc2c1)N1C[C@H]2COC[C@@]2(CO)C1. The number of aromatic nitrogens is 2. The number of aliphatic hydroxyl groups is 1. The lowest BCUT2D eigenvalue weighted by molar-refractivity contribution is 0.0631. The average Bonchev–Trinajstić information content (AvgIpc) is 3.59. The van der Waals surface area contributed by atoms with Crippen molar-refractivity contribution in [3.05, 3.63) is 84.7 Å². The van der Waals surface area contributed by atoms with E-state index in [0.717, 1.165) is 27.6 Å². The van der Waals surface area contributed by atoms with E-state index in [1.165, 1.54) is 0 Å². The molecule has 0 aliphatic carbocycles. The quantitative estimate of drug-likeness (QED) is 0.526. The number of benzene rings is 3. The molecule has 3 heterocycles. The van der Waals surface area contributed by atoms with Crippen LogP contribution >= 0.6 is 0 Å². The van der Waals surface area contributed by atoms with Crippen LogP contribution in [0.3, 0.4) is 0 Å². The van der Waals surface area contributed by atoms with Crippen molar-refractivity contribution in [1.29, 1.82) is 0 Å². The molecular weight excluding hydrogens is 414 g/mol. The summed E-state index contributed by atoms with van der Waals surface area (Å²) in [4.78, 5) is 15.2. The van der Waals surface area contributed by atoms with Crippen LogP contribution in [0.4, 0.5) is 0 Å². The van der Waals surface area contributed by atoms with Gasteiger partial charge in [-0.2, -0.15) is 5.10 Å². The standard InChI is InChI=1S/C27H25N3O3/c31-17-27-16-29(14-22(27)15-33-18-27)26(32)21-7-10-25-20(13-21)3-1-4-24(25)19-5-8-23(9-6-19)30-12-2-11-28-30/h1-13,22,31H,14-18H2/t22-,27-/m0/s1. The summed E-state index contributed by atoms with van der Waals surface area (Å²) in [5.74, 6) is 0.233. The number of ether oxygens (including phenoxy) is 1. The largest absolute Gasteiger partial charge is 0.396 e. The fraction of sp³-hybridized carbons (Fsp3) is 0.259. The number of hydrogen-bond acceptors (Lipinski definition) is 4. The van der Waals surface area contributed by atoms with E-state index in [9.17, 15) is 9.90 Å². The van der Waals surface area contributed by atoms with Crippen molar-refractivity contribution in [2.45, 2.75) is 0 Å². The predicted octanol–water partition coefficient (Wildman–Crippen LogP) is 3.77. The Balaban J connectivity index is 1.29. The smallest absolute Gasteiger partial charge is 0.253 e. The maximum absolute atomic E-state index is 13.3. The Labute approximate surface area is 192 Å². The van der Waals surface area contributed by atoms with E-state index >= 15 is 0 Å². The van der Waals surface area contributed by atoms with Crippen LogP contribution in [-0.4, -0.2) is 58.6 Å². The van der Waals surface area contributed by atoms with Gasteiger partial charge in [0.2, 0.25) is 0 Å². The summed E-state index contributed by atoms with van der Waals surface area (Å²) in [5, 5.41) is 16.4. The predicted molar refractivity (Wildman–Crippen MR) is 126 cm³/mol. The molecule has 2 aliphatic heterocycles. The highest BCUT2D eigenvalue weighted by Crippen LogP contribution is 2.41. The van der Waals surface area contributed by atoms with Gasteiger partial charge >= 0.3 is 0 Å². The van der Waals surface area contributed by atoms with Gasteiger partial charge in [-0.1, -0.05) is 36.4 Å². The lowest BCUT2D eigenvalue weighted by Gasteiger charge is -2.24. The van der Waals surface area contributed by atoms with Gasteiger partial charge in [0.1, 0.15) is 0 Å². The summed E-state index contributed by atoms with van der Waals surface area (Å²) in [6.07, 6.45) is 3.69. The van der Waals surface area contributed by atoms with Crippen LogP contribution in [0.5, 0.6) is 0 Å². The van der Waals surface area contributed by atoms with E-state index in [0.29, 0.717) is 31.9 Å². The molecule has 0 spiro atoms. The Hall–Kier alpha value is -3.48. The molecule has 1 N–H and O–H groups in total. The summed E-state index contributed by atoms with van der Waals surface area (Å²) in [6, 6.07) is 22.4. The third kappa shape index (κ3) is 3.34. The second-order valence-electron chi connectivity index (χ2n) is 9.16. The molecule has 0 saturated carbocycles. The molecule has 166 valence electrons. The third-order valence-corrected chi connectivity index (χ3v) is 7.20. The summed E-state index contributed by atoms with van der Waals surface area (Å²) in [6.45, 7) is 2.39. The van der Waals surface area contributed by atoms with Crippen molar-refractivity contribution < 1.29 is 14.6 Å². The average molecular weight is 440 g/mol. The number of amides is 1. The van der Waals surface area contributed by atoms with Crippen LogP contribution in [0, 0.1) is 11.3 Å². The van der Waals surface area contributed by atoms with Gasteiger partial charge in [-0.25, -0.2) is 4.68 Å². The molecule has 3 aromatic carbocycles. The van der Waals surface area contributed by atoms with Crippen LogP contribution in [0.1, 0.15) is 10.4 Å². The molecule has 6 nitrogen and oxygen atoms in total. The third-order valence-electron chi connectivity index (χ3n) is 7.20. The van der Waals surface area contributed by atoms with Crippen molar-refractivity contribution in [2.75, 3.05) is 32.9 Å². The Morgan fingerprint density at radius 2 is 2.00 bits per heavy atom. The minimum atomic E-state index is -0.304. The zero-order valence-electron chi connectivity index (χ0n) is 18.2. The van der Waals surface area contributed by atoms with Gasteiger partial charge in [0.05, 0.1) is 25.5 Å². The number of likely N-dealkylation sites (tertiary alicyclic amines) is 1. The van der Waals surface area contributed by atoms with Gasteiger partial charge in [0.25, 0.3) is 5.91 Å². The summed E-state index contributed by atoms with van der Waals surface area (Å²) >= 11 is 0. The first-order chi connectivity index (χ1) is 16.2. The number of aliphatic hydroxyl groups excluding tert-OH is 1. The first kappa shape index (κ1) is 20.1. The van der Waals surface area contributed by atoms with Gasteiger partial charge in [-0.3, -0.25) is 4.79 Å². The minimum Gasteiger partial charge on any atom is -0.396 e. The Morgan fingerprint density at radius 1 is 1.12 bits per heavy atom. The van der Waals surface area contributed by atoms with Crippen LogP contribution in [-0.2, 0) is 4.74 Å². The van der Waals surface area contributed by atoms with E-state index in [-0.39, 0.29) is 23.8 Å². The van der Waals surface area contributed by atoms with E-state index < -0.39 is 0 Å². The highest BCUT2D eigenvalue weighted by molar-refractivity contribution is 6.02. The van der Waals surface area contributed by atoms with Crippen LogP contribution in [0.25, 0.3) is 27.6 Å². The van der Waals surface area contributed by atoms with E-state index in [1.807, 2.05) is 46.1 Å². The highest BCUT2D eigenvalue weighted by Gasteiger charge is 2.51. The highest BCUT2D eigenvalue weighted by atomic mass is 16.5. The van der Waals surface area contributed by atoms with Gasteiger partial charge < -0.3 is 14.7 Å². The molecule has 4 aromatic rings. The number of fused-ring (bicyclic) bond motifs is 2. The molecule has 0 radical (unpaired) electrons. The van der Waals surface area contributed by atoms with Gasteiger partial charge in [0, 0.05) is 42.4 Å². The summed E-state index contributed by atoms with van der Waals surface area (Å²) in [5.41, 5.74) is 3.64. The van der Waals surface area contributed by atoms with Crippen molar-refractivity contribution in [1.82, 2.24) is 14.7 Å². The first-order valence-electron chi connectivity index (χ1n) is 11.3. The van der Waals surface area contributed by atoms with Crippen LogP contribution < -0.4 is 0 Å². The molecule has 6 rings (SSSR count). The number of carbonyl (C=O) groups excluding carboxylic acids is 1. The van der Waals surface area contributed by atoms with Gasteiger partial charge in [-0.15, -0.1) is 0 Å². The molecule has 1 aromatic heterocycles.